The van der Waals surface area contributed by atoms with Crippen LogP contribution in [-0.4, -0.2) is 23.3 Å². The predicted molar refractivity (Wildman–Crippen MR) is 16.4 cm³/mol. The third-order valence-corrected chi connectivity index (χ3v) is 0. The molecule has 4 heteroatoms. The van der Waals surface area contributed by atoms with Gasteiger partial charge in [-0.3, -0.25) is 0 Å². The van der Waals surface area contributed by atoms with E-state index in [0.717, 1.165) is 6.92 Å². The number of hydrogen-bond acceptors (Lipinski definition) is 2. The molecule has 0 radical (unpaired) electrons. The SMILES string of the molecule is CC(=O)[O-].[Al+3].[Zr+2]. The standard InChI is InChI=1S/C2H4O2.Al.Zr/c1-2(3)4;;/h1H3,(H,3,4);;/q;+3;+2/p-1. The molecule has 0 saturated carbocycles. The molecule has 0 amide bonds. The van der Waals surface area contributed by atoms with Crippen LogP contribution in [0.4, 0.5) is 0 Å². The van der Waals surface area contributed by atoms with Gasteiger partial charge in [-0.25, -0.2) is 0 Å². The minimum atomic E-state index is -1.08. The molecule has 0 bridgehead atoms. The van der Waals surface area contributed by atoms with Crippen LogP contribution in [0.5, 0.6) is 0 Å². The van der Waals surface area contributed by atoms with E-state index in [-0.39, 0.29) is 43.6 Å². The maximum absolute atomic E-state index is 8.89. The van der Waals surface area contributed by atoms with E-state index in [4.69, 9.17) is 9.90 Å². The Labute approximate surface area is 66.2 Å². The summed E-state index contributed by atoms with van der Waals surface area (Å²) < 4.78 is 0. The maximum atomic E-state index is 8.89. The van der Waals surface area contributed by atoms with Gasteiger partial charge in [0.15, 0.2) is 0 Å². The van der Waals surface area contributed by atoms with Crippen LogP contribution in [0.3, 0.4) is 0 Å². The van der Waals surface area contributed by atoms with Gasteiger partial charge >= 0.3 is 43.6 Å². The predicted octanol–water partition coefficient (Wildman–Crippen LogP) is -1.63. The van der Waals surface area contributed by atoms with Gasteiger partial charge in [0.05, 0.1) is 0 Å². The number of carbonyl (C=O) groups excluding carboxylic acids is 1. The molecule has 0 aromatic rings. The summed E-state index contributed by atoms with van der Waals surface area (Å²) in [5, 5.41) is 8.89. The Hall–Kier alpha value is 0.886. The molecule has 0 aliphatic rings. The van der Waals surface area contributed by atoms with Gasteiger partial charge in [0.1, 0.15) is 0 Å². The summed E-state index contributed by atoms with van der Waals surface area (Å²) in [6.45, 7) is 0.972. The number of rotatable bonds is 0. The van der Waals surface area contributed by atoms with Crippen LogP contribution in [0.15, 0.2) is 0 Å². The second-order valence-electron chi connectivity index (χ2n) is 0.492. The Morgan fingerprint density at radius 1 is 1.67 bits per heavy atom. The first-order valence-corrected chi connectivity index (χ1v) is 0.908. The fraction of sp³-hybridized carbons (Fsp3) is 0.500. The van der Waals surface area contributed by atoms with Crippen LogP contribution in [0, 0.1) is 0 Å². The first kappa shape index (κ1) is 15.8. The summed E-state index contributed by atoms with van der Waals surface area (Å²) in [5.74, 6) is -1.08. The molecule has 0 rings (SSSR count). The van der Waals surface area contributed by atoms with Gasteiger partial charge in [0, 0.05) is 5.97 Å². The van der Waals surface area contributed by atoms with Crippen LogP contribution < -0.4 is 5.11 Å². The number of carbonyl (C=O) groups is 1. The average molecular weight is 177 g/mol. The second kappa shape index (κ2) is 9.30. The molecule has 0 fully saturated rings. The third-order valence-electron chi connectivity index (χ3n) is 0. The summed E-state index contributed by atoms with van der Waals surface area (Å²) in [5.41, 5.74) is 0. The van der Waals surface area contributed by atoms with Crippen molar-refractivity contribution in [1.29, 1.82) is 0 Å². The molecule has 0 spiro atoms. The molecular weight excluding hydrogens is 174 g/mol. The summed E-state index contributed by atoms with van der Waals surface area (Å²) in [4.78, 5) is 8.89. The van der Waals surface area contributed by atoms with E-state index >= 15 is 0 Å². The van der Waals surface area contributed by atoms with Gasteiger partial charge in [-0.2, -0.15) is 0 Å². The first-order chi connectivity index (χ1) is 1.73. The van der Waals surface area contributed by atoms with Crippen LogP contribution in [0.1, 0.15) is 6.92 Å². The fourth-order valence-electron chi connectivity index (χ4n) is 0. The Kier molecular flexibility index (Phi) is 24.5. The zero-order chi connectivity index (χ0) is 3.58. The van der Waals surface area contributed by atoms with Gasteiger partial charge in [-0.05, 0) is 6.92 Å². The minimum absolute atomic E-state index is 0. The molecule has 2 nitrogen and oxygen atoms in total. The minimum Gasteiger partial charge on any atom is -0.550 e. The molecule has 0 aliphatic carbocycles. The molecule has 0 N–H and O–H groups in total. The van der Waals surface area contributed by atoms with Crippen molar-refractivity contribution in [2.45, 2.75) is 6.92 Å². The molecule has 0 aliphatic heterocycles. The van der Waals surface area contributed by atoms with Crippen LogP contribution in [-0.2, 0) is 31.0 Å². The van der Waals surface area contributed by atoms with Crippen molar-refractivity contribution in [3.63, 3.8) is 0 Å². The van der Waals surface area contributed by atoms with Crippen molar-refractivity contribution in [2.75, 3.05) is 0 Å². The van der Waals surface area contributed by atoms with Crippen LogP contribution >= 0.6 is 0 Å². The summed E-state index contributed by atoms with van der Waals surface area (Å²) in [6.07, 6.45) is 0. The third kappa shape index (κ3) is 94.1. The first-order valence-electron chi connectivity index (χ1n) is 0.908. The molecule has 0 unspecified atom stereocenters. The number of carboxylic acids is 1. The van der Waals surface area contributed by atoms with E-state index in [9.17, 15) is 0 Å². The summed E-state index contributed by atoms with van der Waals surface area (Å²) in [7, 11) is 0. The number of hydrogen-bond donors (Lipinski definition) is 0. The molecular formula is C2H3AlO2Zr+4. The molecule has 26 valence electrons. The Balaban J connectivity index is -0.0000000450. The largest absolute Gasteiger partial charge is 3.00 e. The Morgan fingerprint density at radius 2 is 1.67 bits per heavy atom. The van der Waals surface area contributed by atoms with Crippen molar-refractivity contribution in [3.8, 4) is 0 Å². The average Bonchev–Trinajstić information content (AvgIpc) is 0.811. The van der Waals surface area contributed by atoms with Gasteiger partial charge < -0.3 is 9.90 Å². The second-order valence-corrected chi connectivity index (χ2v) is 0.492. The molecule has 6 heavy (non-hydrogen) atoms. The van der Waals surface area contributed by atoms with Crippen molar-refractivity contribution in [3.05, 3.63) is 0 Å². The topological polar surface area (TPSA) is 40.1 Å². The van der Waals surface area contributed by atoms with Gasteiger partial charge in [0.2, 0.25) is 0 Å². The van der Waals surface area contributed by atoms with E-state index in [1.54, 1.807) is 0 Å². The van der Waals surface area contributed by atoms with Crippen molar-refractivity contribution < 1.29 is 36.1 Å². The van der Waals surface area contributed by atoms with E-state index < -0.39 is 5.97 Å². The smallest absolute Gasteiger partial charge is 0.550 e. The quantitative estimate of drug-likeness (QED) is 0.417. The zero-order valence-corrected chi connectivity index (χ0v) is 7.01. The van der Waals surface area contributed by atoms with Crippen molar-refractivity contribution >= 4 is 23.3 Å². The fourth-order valence-corrected chi connectivity index (χ4v) is 0. The molecule has 0 saturated heterocycles. The van der Waals surface area contributed by atoms with Gasteiger partial charge in [-0.15, -0.1) is 0 Å². The number of carboxylic acid groups (broad SMARTS) is 1. The molecule has 0 atom stereocenters. The van der Waals surface area contributed by atoms with E-state index in [1.807, 2.05) is 0 Å². The molecule has 0 aromatic carbocycles. The Morgan fingerprint density at radius 3 is 1.67 bits per heavy atom. The number of aliphatic carboxylic acids is 1. The Bertz CT molecular complexity index is 34.5. The maximum Gasteiger partial charge on any atom is 3.00 e. The summed E-state index contributed by atoms with van der Waals surface area (Å²) in [6, 6.07) is 0. The van der Waals surface area contributed by atoms with Crippen LogP contribution in [0.2, 0.25) is 0 Å². The van der Waals surface area contributed by atoms with Gasteiger partial charge in [0.25, 0.3) is 0 Å². The van der Waals surface area contributed by atoms with Crippen molar-refractivity contribution in [1.82, 2.24) is 0 Å². The van der Waals surface area contributed by atoms with E-state index in [2.05, 4.69) is 0 Å². The monoisotopic (exact) mass is 176 g/mol. The summed E-state index contributed by atoms with van der Waals surface area (Å²) >= 11 is 0. The normalized spacial score (nSPS) is 4.17. The van der Waals surface area contributed by atoms with Crippen LogP contribution in [0.25, 0.3) is 0 Å². The van der Waals surface area contributed by atoms with Crippen molar-refractivity contribution in [2.24, 2.45) is 0 Å². The zero-order valence-electron chi connectivity index (χ0n) is 3.39. The van der Waals surface area contributed by atoms with Gasteiger partial charge in [-0.1, -0.05) is 0 Å². The molecule has 0 aromatic heterocycles. The van der Waals surface area contributed by atoms with E-state index in [1.165, 1.54) is 0 Å². The van der Waals surface area contributed by atoms with E-state index in [0.29, 0.717) is 0 Å². The molecule has 0 heterocycles.